The van der Waals surface area contributed by atoms with Gasteiger partial charge in [0.2, 0.25) is 0 Å². The second-order valence-electron chi connectivity index (χ2n) is 6.47. The van der Waals surface area contributed by atoms with Crippen LogP contribution >= 0.6 is 11.8 Å². The normalized spacial score (nSPS) is 11.0. The number of pyridine rings is 1. The molecule has 25 heavy (non-hydrogen) atoms. The lowest BCUT2D eigenvalue weighted by atomic mass is 10.0. The van der Waals surface area contributed by atoms with Gasteiger partial charge in [0.05, 0.1) is 17.1 Å². The number of para-hydroxylation sites is 1. The minimum Gasteiger partial charge on any atom is -0.494 e. The van der Waals surface area contributed by atoms with E-state index in [2.05, 4.69) is 39.0 Å². The van der Waals surface area contributed by atoms with Gasteiger partial charge in [-0.1, -0.05) is 29.8 Å². The highest BCUT2D eigenvalue weighted by atomic mass is 32.2. The molecule has 3 rings (SSSR count). The predicted octanol–water partition coefficient (Wildman–Crippen LogP) is 6.11. The van der Waals surface area contributed by atoms with Gasteiger partial charge < -0.3 is 4.74 Å². The molecule has 3 heteroatoms. The van der Waals surface area contributed by atoms with E-state index in [1.165, 1.54) is 22.1 Å². The Balaban J connectivity index is 1.51. The van der Waals surface area contributed by atoms with Crippen LogP contribution in [-0.4, -0.2) is 17.3 Å². The van der Waals surface area contributed by atoms with Gasteiger partial charge in [-0.2, -0.15) is 0 Å². The van der Waals surface area contributed by atoms with Gasteiger partial charge in [0.15, 0.2) is 0 Å². The molecule has 0 amide bonds. The number of benzene rings is 2. The maximum atomic E-state index is 5.74. The molecule has 0 radical (unpaired) electrons. The van der Waals surface area contributed by atoms with Crippen molar-refractivity contribution in [3.05, 3.63) is 65.2 Å². The van der Waals surface area contributed by atoms with Crippen LogP contribution in [0.25, 0.3) is 10.9 Å². The Morgan fingerprint density at radius 3 is 2.52 bits per heavy atom. The number of ether oxygens (including phenoxy) is 1. The predicted molar refractivity (Wildman–Crippen MR) is 108 cm³/mol. The van der Waals surface area contributed by atoms with Gasteiger partial charge in [-0.25, -0.2) is 4.98 Å². The van der Waals surface area contributed by atoms with Crippen LogP contribution in [0.4, 0.5) is 0 Å². The minimum atomic E-state index is 0.771. The van der Waals surface area contributed by atoms with Crippen molar-refractivity contribution < 1.29 is 4.74 Å². The maximum absolute atomic E-state index is 5.74. The van der Waals surface area contributed by atoms with Crippen molar-refractivity contribution in [3.8, 4) is 5.75 Å². The summed E-state index contributed by atoms with van der Waals surface area (Å²) in [5.41, 5.74) is 5.01. The summed E-state index contributed by atoms with van der Waals surface area (Å²) in [6.07, 6.45) is 2.19. The number of thioether (sulfide) groups is 1. The van der Waals surface area contributed by atoms with E-state index >= 15 is 0 Å². The first-order valence-electron chi connectivity index (χ1n) is 8.83. The molecule has 2 nitrogen and oxygen atoms in total. The fourth-order valence-electron chi connectivity index (χ4n) is 2.98. The number of rotatable bonds is 7. The SMILES string of the molecule is Cc1cc(C)c2nc(SCCCCOc3ccccc3)cc(C)c2c1. The highest BCUT2D eigenvalue weighted by Gasteiger charge is 2.06. The number of hydrogen-bond donors (Lipinski definition) is 0. The summed E-state index contributed by atoms with van der Waals surface area (Å²) >= 11 is 1.84. The van der Waals surface area contributed by atoms with Crippen LogP contribution in [0.15, 0.2) is 53.6 Å². The first kappa shape index (κ1) is 17.8. The largest absolute Gasteiger partial charge is 0.494 e. The van der Waals surface area contributed by atoms with Gasteiger partial charge in [0, 0.05) is 5.39 Å². The maximum Gasteiger partial charge on any atom is 0.119 e. The van der Waals surface area contributed by atoms with Gasteiger partial charge in [0.1, 0.15) is 5.75 Å². The van der Waals surface area contributed by atoms with Gasteiger partial charge >= 0.3 is 0 Å². The molecule has 0 bridgehead atoms. The van der Waals surface area contributed by atoms with E-state index in [4.69, 9.17) is 9.72 Å². The van der Waals surface area contributed by atoms with Gasteiger partial charge in [-0.15, -0.1) is 11.8 Å². The van der Waals surface area contributed by atoms with Crippen LogP contribution < -0.4 is 4.74 Å². The van der Waals surface area contributed by atoms with Crippen molar-refractivity contribution >= 4 is 22.7 Å². The highest BCUT2D eigenvalue weighted by Crippen LogP contribution is 2.27. The van der Waals surface area contributed by atoms with Gasteiger partial charge in [-0.3, -0.25) is 0 Å². The summed E-state index contributed by atoms with van der Waals surface area (Å²) in [4.78, 5) is 4.87. The molecule has 130 valence electrons. The van der Waals surface area contributed by atoms with Gasteiger partial charge in [-0.05, 0) is 74.8 Å². The van der Waals surface area contributed by atoms with Crippen molar-refractivity contribution in [3.63, 3.8) is 0 Å². The summed E-state index contributed by atoms with van der Waals surface area (Å²) < 4.78 is 5.74. The van der Waals surface area contributed by atoms with E-state index in [9.17, 15) is 0 Å². The Morgan fingerprint density at radius 2 is 1.72 bits per heavy atom. The number of aryl methyl sites for hydroxylation is 3. The Morgan fingerprint density at radius 1 is 0.920 bits per heavy atom. The number of aromatic nitrogens is 1. The lowest BCUT2D eigenvalue weighted by molar-refractivity contribution is 0.310. The van der Waals surface area contributed by atoms with E-state index in [1.54, 1.807) is 0 Å². The molecule has 0 unspecified atom stereocenters. The molecule has 0 spiro atoms. The molecule has 1 aromatic heterocycles. The first-order valence-corrected chi connectivity index (χ1v) is 9.81. The summed E-state index contributed by atoms with van der Waals surface area (Å²) in [5, 5.41) is 2.40. The van der Waals surface area contributed by atoms with Crippen LogP contribution in [-0.2, 0) is 0 Å². The second-order valence-corrected chi connectivity index (χ2v) is 7.59. The third-order valence-corrected chi connectivity index (χ3v) is 5.23. The quantitative estimate of drug-likeness (QED) is 0.378. The molecule has 2 aromatic carbocycles. The summed E-state index contributed by atoms with van der Waals surface area (Å²) in [6, 6.07) is 16.7. The van der Waals surface area contributed by atoms with E-state index in [1.807, 2.05) is 42.1 Å². The number of fused-ring (bicyclic) bond motifs is 1. The van der Waals surface area contributed by atoms with Crippen molar-refractivity contribution in [2.75, 3.05) is 12.4 Å². The second kappa shape index (κ2) is 8.39. The van der Waals surface area contributed by atoms with Gasteiger partial charge in [0.25, 0.3) is 0 Å². The lowest BCUT2D eigenvalue weighted by Crippen LogP contribution is -1.98. The van der Waals surface area contributed by atoms with E-state index < -0.39 is 0 Å². The van der Waals surface area contributed by atoms with E-state index in [0.29, 0.717) is 0 Å². The Bertz CT molecular complexity index is 846. The van der Waals surface area contributed by atoms with E-state index in [-0.39, 0.29) is 0 Å². The number of unbranched alkanes of at least 4 members (excludes halogenated alkanes) is 1. The van der Waals surface area contributed by atoms with Crippen LogP contribution in [0.2, 0.25) is 0 Å². The van der Waals surface area contributed by atoms with E-state index in [0.717, 1.165) is 41.5 Å². The lowest BCUT2D eigenvalue weighted by Gasteiger charge is -2.10. The monoisotopic (exact) mass is 351 g/mol. The average molecular weight is 352 g/mol. The fourth-order valence-corrected chi connectivity index (χ4v) is 3.95. The molecule has 0 aliphatic carbocycles. The molecule has 0 fully saturated rings. The Labute approximate surface area is 154 Å². The van der Waals surface area contributed by atoms with Crippen LogP contribution in [0.5, 0.6) is 5.75 Å². The van der Waals surface area contributed by atoms with Crippen LogP contribution in [0.1, 0.15) is 29.5 Å². The summed E-state index contributed by atoms with van der Waals surface area (Å²) in [6.45, 7) is 7.25. The molecular weight excluding hydrogens is 326 g/mol. The first-order chi connectivity index (χ1) is 12.1. The topological polar surface area (TPSA) is 22.1 Å². The third kappa shape index (κ3) is 4.76. The van der Waals surface area contributed by atoms with Crippen LogP contribution in [0, 0.1) is 20.8 Å². The highest BCUT2D eigenvalue weighted by molar-refractivity contribution is 7.99. The molecular formula is C22H25NOS. The standard InChI is InChI=1S/C22H25NOS/c1-16-13-18(3)22-20(14-16)17(2)15-21(23-22)25-12-8-7-11-24-19-9-5-4-6-10-19/h4-6,9-10,13-15H,7-8,11-12H2,1-3H3. The molecule has 0 N–H and O–H groups in total. The molecule has 0 atom stereocenters. The van der Waals surface area contributed by atoms with Crippen LogP contribution in [0.3, 0.4) is 0 Å². The summed E-state index contributed by atoms with van der Waals surface area (Å²) in [5.74, 6) is 2.02. The summed E-state index contributed by atoms with van der Waals surface area (Å²) in [7, 11) is 0. The molecule has 0 saturated heterocycles. The zero-order valence-electron chi connectivity index (χ0n) is 15.2. The minimum absolute atomic E-state index is 0.771. The smallest absolute Gasteiger partial charge is 0.119 e. The number of nitrogens with zero attached hydrogens (tertiary/aromatic N) is 1. The zero-order chi connectivity index (χ0) is 17.6. The Hall–Kier alpha value is -2.00. The van der Waals surface area contributed by atoms with Crippen molar-refractivity contribution in [2.45, 2.75) is 38.6 Å². The third-order valence-electron chi connectivity index (χ3n) is 4.23. The number of hydrogen-bond acceptors (Lipinski definition) is 3. The average Bonchev–Trinajstić information content (AvgIpc) is 2.60. The molecule has 3 aromatic rings. The zero-order valence-corrected chi connectivity index (χ0v) is 16.0. The molecule has 0 saturated carbocycles. The van der Waals surface area contributed by atoms with Crippen molar-refractivity contribution in [2.24, 2.45) is 0 Å². The van der Waals surface area contributed by atoms with Crippen molar-refractivity contribution in [1.82, 2.24) is 4.98 Å². The Kier molecular flexibility index (Phi) is 5.98. The van der Waals surface area contributed by atoms with Crippen molar-refractivity contribution in [1.29, 1.82) is 0 Å². The molecule has 0 aliphatic rings. The molecule has 1 heterocycles. The fraction of sp³-hybridized carbons (Fsp3) is 0.318. The molecule has 0 aliphatic heterocycles.